The number of hydrogen-bond acceptors (Lipinski definition) is 2. The molecule has 0 spiro atoms. The Balaban J connectivity index is 0.00000196. The molecule has 0 fully saturated rings. The molecule has 0 saturated carbocycles. The van der Waals surface area contributed by atoms with Gasteiger partial charge in [0.05, 0.1) is 0 Å². The Bertz CT molecular complexity index is 290. The second-order valence-corrected chi connectivity index (χ2v) is 10.5. The van der Waals surface area contributed by atoms with Crippen LogP contribution in [0.2, 0.25) is 4.44 Å². The van der Waals surface area contributed by atoms with Gasteiger partial charge < -0.3 is 12.4 Å². The molecular formula is C11H18ClNOSn. The zero-order valence-electron chi connectivity index (χ0n) is 9.46. The zero-order chi connectivity index (χ0) is 10.6. The van der Waals surface area contributed by atoms with Gasteiger partial charge in [0.1, 0.15) is 0 Å². The Kier molecular flexibility index (Phi) is 7.61. The van der Waals surface area contributed by atoms with Gasteiger partial charge in [-0.25, -0.2) is 0 Å². The van der Waals surface area contributed by atoms with Gasteiger partial charge in [0, 0.05) is 0 Å². The first-order valence-electron chi connectivity index (χ1n) is 4.95. The molecule has 4 heteroatoms. The molecule has 0 aliphatic carbocycles. The molecule has 15 heavy (non-hydrogen) atoms. The summed E-state index contributed by atoms with van der Waals surface area (Å²) in [4.78, 5) is 0. The second kappa shape index (κ2) is 7.49. The van der Waals surface area contributed by atoms with Gasteiger partial charge in [-0.05, 0) is 0 Å². The molecule has 1 rings (SSSR count). The van der Waals surface area contributed by atoms with Crippen LogP contribution in [0.3, 0.4) is 0 Å². The molecule has 0 amide bonds. The molecule has 0 heterocycles. The molecule has 1 aromatic carbocycles. The SMILES string of the molecule is C[CH2][Sn+]([O]C)[c]1ccccc1C(C)N.[Cl-]. The van der Waals surface area contributed by atoms with E-state index in [0.717, 1.165) is 0 Å². The van der Waals surface area contributed by atoms with Crippen LogP contribution in [0.1, 0.15) is 25.5 Å². The summed E-state index contributed by atoms with van der Waals surface area (Å²) in [7, 11) is 1.83. The third-order valence-electron chi connectivity index (χ3n) is 2.32. The maximum Gasteiger partial charge on any atom is -1.00 e. The van der Waals surface area contributed by atoms with Crippen molar-refractivity contribution in [3.05, 3.63) is 29.8 Å². The minimum Gasteiger partial charge on any atom is -1.00 e. The van der Waals surface area contributed by atoms with Gasteiger partial charge in [0.2, 0.25) is 0 Å². The summed E-state index contributed by atoms with van der Waals surface area (Å²) in [5.74, 6) is 0. The summed E-state index contributed by atoms with van der Waals surface area (Å²) in [6, 6.07) is 8.55. The average molecular weight is 334 g/mol. The van der Waals surface area contributed by atoms with E-state index in [-0.39, 0.29) is 18.4 Å². The summed E-state index contributed by atoms with van der Waals surface area (Å²) in [5.41, 5.74) is 7.21. The molecule has 84 valence electrons. The summed E-state index contributed by atoms with van der Waals surface area (Å²) in [6.45, 7) is 4.24. The maximum absolute atomic E-state index is 5.94. The Morgan fingerprint density at radius 2 is 2.00 bits per heavy atom. The first kappa shape index (κ1) is 15.2. The third-order valence-corrected chi connectivity index (χ3v) is 8.57. The molecule has 2 N–H and O–H groups in total. The molecule has 1 aromatic rings. The standard InChI is InChI=1S/C8H10N.C2H5.CH3O.ClH.Sn/c1-7(9)8-5-3-2-4-6-8;2*1-2;;/h2-5,7H,9H2,1H3;1H2,2H3;1H3;1H;/q;;-1;;+2/p-1. The quantitative estimate of drug-likeness (QED) is 0.686. The average Bonchev–Trinajstić information content (AvgIpc) is 2.20. The van der Waals surface area contributed by atoms with E-state index in [1.165, 1.54) is 13.6 Å². The minimum atomic E-state index is -1.80. The van der Waals surface area contributed by atoms with Gasteiger partial charge in [-0.15, -0.1) is 0 Å². The molecule has 0 aliphatic heterocycles. The number of halogens is 1. The zero-order valence-corrected chi connectivity index (χ0v) is 13.1. The summed E-state index contributed by atoms with van der Waals surface area (Å²) < 4.78 is 8.20. The predicted octanol–water partition coefficient (Wildman–Crippen LogP) is -1.42. The molecule has 0 saturated heterocycles. The molecular weight excluding hydrogens is 316 g/mol. The fourth-order valence-corrected chi connectivity index (χ4v) is 6.74. The molecule has 0 bridgehead atoms. The van der Waals surface area contributed by atoms with E-state index in [0.29, 0.717) is 0 Å². The first-order valence-corrected chi connectivity index (χ1v) is 9.56. The summed E-state index contributed by atoms with van der Waals surface area (Å²) in [6.07, 6.45) is 0. The van der Waals surface area contributed by atoms with Gasteiger partial charge in [-0.1, -0.05) is 0 Å². The van der Waals surface area contributed by atoms with Crippen LogP contribution in [0.4, 0.5) is 0 Å². The van der Waals surface area contributed by atoms with Crippen molar-refractivity contribution in [2.24, 2.45) is 5.73 Å². The van der Waals surface area contributed by atoms with Crippen LogP contribution in [0, 0.1) is 0 Å². The van der Waals surface area contributed by atoms with Crippen LogP contribution >= 0.6 is 0 Å². The molecule has 1 unspecified atom stereocenters. The largest absolute Gasteiger partial charge is 1.00 e. The summed E-state index contributed by atoms with van der Waals surface area (Å²) >= 11 is -1.80. The van der Waals surface area contributed by atoms with Crippen molar-refractivity contribution in [2.75, 3.05) is 7.11 Å². The van der Waals surface area contributed by atoms with Crippen LogP contribution in [-0.2, 0) is 3.07 Å². The van der Waals surface area contributed by atoms with E-state index in [4.69, 9.17) is 8.81 Å². The number of rotatable bonds is 4. The van der Waals surface area contributed by atoms with Crippen LogP contribution in [-0.4, -0.2) is 27.3 Å². The second-order valence-electron chi connectivity index (χ2n) is 3.36. The van der Waals surface area contributed by atoms with Crippen molar-refractivity contribution < 1.29 is 15.5 Å². The van der Waals surface area contributed by atoms with Crippen molar-refractivity contribution in [1.82, 2.24) is 0 Å². The van der Waals surface area contributed by atoms with Gasteiger partial charge in [-0.2, -0.15) is 0 Å². The third kappa shape index (κ3) is 3.94. The van der Waals surface area contributed by atoms with Crippen LogP contribution < -0.4 is 21.7 Å². The predicted molar refractivity (Wildman–Crippen MR) is 61.9 cm³/mol. The molecule has 2 nitrogen and oxygen atoms in total. The monoisotopic (exact) mass is 335 g/mol. The van der Waals surface area contributed by atoms with Crippen LogP contribution in [0.5, 0.6) is 0 Å². The Labute approximate surface area is 106 Å². The fraction of sp³-hybridized carbons (Fsp3) is 0.455. The minimum absolute atomic E-state index is 0. The van der Waals surface area contributed by atoms with E-state index in [9.17, 15) is 0 Å². The molecule has 0 radical (unpaired) electrons. The Hall–Kier alpha value is 0.229. The van der Waals surface area contributed by atoms with E-state index < -0.39 is 20.2 Å². The number of nitrogens with two attached hydrogens (primary N) is 1. The number of benzene rings is 1. The topological polar surface area (TPSA) is 35.2 Å². The first-order chi connectivity index (χ1) is 6.70. The van der Waals surface area contributed by atoms with Crippen molar-refractivity contribution >= 4 is 23.8 Å². The maximum atomic E-state index is 5.94. The van der Waals surface area contributed by atoms with Crippen molar-refractivity contribution in [3.8, 4) is 0 Å². The smallest absolute Gasteiger partial charge is 1.00 e. The van der Waals surface area contributed by atoms with E-state index in [1.807, 2.05) is 20.1 Å². The summed E-state index contributed by atoms with van der Waals surface area (Å²) in [5, 5.41) is 0. The fourth-order valence-electron chi connectivity index (χ4n) is 1.59. The van der Waals surface area contributed by atoms with Crippen molar-refractivity contribution in [2.45, 2.75) is 24.3 Å². The van der Waals surface area contributed by atoms with E-state index >= 15 is 0 Å². The van der Waals surface area contributed by atoms with E-state index in [2.05, 4.69) is 25.1 Å². The molecule has 0 aromatic heterocycles. The van der Waals surface area contributed by atoms with Gasteiger partial charge in [0.15, 0.2) is 0 Å². The normalized spacial score (nSPS) is 11.7. The number of hydrogen-bond donors (Lipinski definition) is 1. The van der Waals surface area contributed by atoms with E-state index in [1.54, 1.807) is 0 Å². The Morgan fingerprint density at radius 1 is 1.40 bits per heavy atom. The van der Waals surface area contributed by atoms with Crippen LogP contribution in [0.25, 0.3) is 0 Å². The van der Waals surface area contributed by atoms with Gasteiger partial charge >= 0.3 is 93.8 Å². The van der Waals surface area contributed by atoms with Crippen LogP contribution in [0.15, 0.2) is 24.3 Å². The van der Waals surface area contributed by atoms with Gasteiger partial charge in [0.25, 0.3) is 0 Å². The van der Waals surface area contributed by atoms with Crippen molar-refractivity contribution in [1.29, 1.82) is 0 Å². The molecule has 0 aliphatic rings. The van der Waals surface area contributed by atoms with Crippen molar-refractivity contribution in [3.63, 3.8) is 0 Å². The Morgan fingerprint density at radius 3 is 2.47 bits per heavy atom. The van der Waals surface area contributed by atoms with Gasteiger partial charge in [-0.3, -0.25) is 0 Å². The molecule has 1 atom stereocenters.